The SMILES string of the molecule is O=C(Cc1csc(NC(=O)c2ccccc2)n1)Nc1nc2c(s1)CCCC2. The summed E-state index contributed by atoms with van der Waals surface area (Å²) in [5.41, 5.74) is 2.32. The maximum absolute atomic E-state index is 12.3. The minimum absolute atomic E-state index is 0.146. The van der Waals surface area contributed by atoms with Gasteiger partial charge in [0, 0.05) is 15.8 Å². The largest absolute Gasteiger partial charge is 0.302 e. The first-order chi connectivity index (χ1) is 13.2. The van der Waals surface area contributed by atoms with Crippen molar-refractivity contribution in [3.63, 3.8) is 0 Å². The second-order valence-electron chi connectivity index (χ2n) is 6.29. The standard InChI is InChI=1S/C19H18N4O2S2/c24-16(22-19-21-14-8-4-5-9-15(14)27-19)10-13-11-26-18(20-13)23-17(25)12-6-2-1-3-7-12/h1-3,6-7,11H,4-5,8-10H2,(H,20,23,25)(H,21,22,24). The van der Waals surface area contributed by atoms with Crippen molar-refractivity contribution in [1.82, 2.24) is 9.97 Å². The first-order valence-corrected chi connectivity index (χ1v) is 10.5. The highest BCUT2D eigenvalue weighted by atomic mass is 32.1. The number of aryl methyl sites for hydroxylation is 2. The number of amides is 2. The Morgan fingerprint density at radius 3 is 2.63 bits per heavy atom. The zero-order valence-electron chi connectivity index (χ0n) is 14.5. The maximum atomic E-state index is 12.3. The molecule has 27 heavy (non-hydrogen) atoms. The molecule has 0 spiro atoms. The molecule has 2 amide bonds. The van der Waals surface area contributed by atoms with E-state index in [1.54, 1.807) is 28.8 Å². The zero-order valence-corrected chi connectivity index (χ0v) is 16.2. The summed E-state index contributed by atoms with van der Waals surface area (Å²) in [6.45, 7) is 0. The van der Waals surface area contributed by atoms with Gasteiger partial charge in [-0.2, -0.15) is 0 Å². The highest BCUT2D eigenvalue weighted by Crippen LogP contribution is 2.29. The van der Waals surface area contributed by atoms with Crippen LogP contribution in [0.3, 0.4) is 0 Å². The average molecular weight is 399 g/mol. The van der Waals surface area contributed by atoms with Gasteiger partial charge in [0.2, 0.25) is 5.91 Å². The second-order valence-corrected chi connectivity index (χ2v) is 8.23. The van der Waals surface area contributed by atoms with Crippen molar-refractivity contribution in [3.8, 4) is 0 Å². The van der Waals surface area contributed by atoms with Crippen molar-refractivity contribution in [1.29, 1.82) is 0 Å². The number of carbonyl (C=O) groups excluding carboxylic acids is 2. The zero-order chi connectivity index (χ0) is 18.6. The Hall–Kier alpha value is -2.58. The molecular formula is C19H18N4O2S2. The molecule has 1 aliphatic carbocycles. The first-order valence-electron chi connectivity index (χ1n) is 8.76. The van der Waals surface area contributed by atoms with E-state index in [0.717, 1.165) is 18.5 Å². The lowest BCUT2D eigenvalue weighted by molar-refractivity contribution is -0.115. The molecule has 2 N–H and O–H groups in total. The number of aromatic nitrogens is 2. The lowest BCUT2D eigenvalue weighted by Gasteiger charge is -2.06. The maximum Gasteiger partial charge on any atom is 0.257 e. The van der Waals surface area contributed by atoms with Crippen molar-refractivity contribution in [2.24, 2.45) is 0 Å². The molecule has 8 heteroatoms. The molecule has 6 nitrogen and oxygen atoms in total. The Morgan fingerprint density at radius 1 is 1.00 bits per heavy atom. The van der Waals surface area contributed by atoms with E-state index in [1.165, 1.54) is 29.1 Å². The monoisotopic (exact) mass is 398 g/mol. The highest BCUT2D eigenvalue weighted by molar-refractivity contribution is 7.16. The Balaban J connectivity index is 1.34. The molecule has 1 aromatic carbocycles. The second kappa shape index (κ2) is 7.98. The number of rotatable bonds is 5. The number of nitrogens with zero attached hydrogens (tertiary/aromatic N) is 2. The molecule has 2 aromatic heterocycles. The summed E-state index contributed by atoms with van der Waals surface area (Å²) in [4.78, 5) is 34.6. The molecule has 138 valence electrons. The number of hydrogen-bond donors (Lipinski definition) is 2. The van der Waals surface area contributed by atoms with Crippen LogP contribution in [0, 0.1) is 0 Å². The van der Waals surface area contributed by atoms with Gasteiger partial charge in [-0.15, -0.1) is 22.7 Å². The first kappa shape index (κ1) is 17.8. The van der Waals surface area contributed by atoms with E-state index >= 15 is 0 Å². The molecule has 0 atom stereocenters. The lowest BCUT2D eigenvalue weighted by Crippen LogP contribution is -2.15. The van der Waals surface area contributed by atoms with E-state index in [4.69, 9.17) is 0 Å². The summed E-state index contributed by atoms with van der Waals surface area (Å²) in [5.74, 6) is -0.360. The number of fused-ring (bicyclic) bond motifs is 1. The summed E-state index contributed by atoms with van der Waals surface area (Å²) in [5, 5.41) is 8.56. The van der Waals surface area contributed by atoms with Gasteiger partial charge >= 0.3 is 0 Å². The molecule has 0 unspecified atom stereocenters. The Morgan fingerprint density at radius 2 is 1.81 bits per heavy atom. The average Bonchev–Trinajstić information content (AvgIpc) is 3.28. The summed E-state index contributed by atoms with van der Waals surface area (Å²) in [7, 11) is 0. The van der Waals surface area contributed by atoms with Crippen molar-refractivity contribution >= 4 is 44.8 Å². The van der Waals surface area contributed by atoms with Crippen LogP contribution < -0.4 is 10.6 Å². The molecule has 2 heterocycles. The molecule has 0 saturated heterocycles. The Labute approximate surface area is 164 Å². The lowest BCUT2D eigenvalue weighted by atomic mass is 10.0. The van der Waals surface area contributed by atoms with Crippen LogP contribution in [0.25, 0.3) is 0 Å². The van der Waals surface area contributed by atoms with Crippen LogP contribution in [0.4, 0.5) is 10.3 Å². The van der Waals surface area contributed by atoms with Crippen LogP contribution >= 0.6 is 22.7 Å². The normalized spacial score (nSPS) is 13.0. The number of carbonyl (C=O) groups is 2. The van der Waals surface area contributed by atoms with Crippen molar-refractivity contribution in [2.75, 3.05) is 10.6 Å². The van der Waals surface area contributed by atoms with Gasteiger partial charge in [-0.1, -0.05) is 18.2 Å². The van der Waals surface area contributed by atoms with Crippen molar-refractivity contribution < 1.29 is 9.59 Å². The fraction of sp³-hybridized carbons (Fsp3) is 0.263. The van der Waals surface area contributed by atoms with Crippen LogP contribution in [0.15, 0.2) is 35.7 Å². The van der Waals surface area contributed by atoms with Crippen LogP contribution in [-0.2, 0) is 24.1 Å². The number of anilines is 2. The van der Waals surface area contributed by atoms with E-state index < -0.39 is 0 Å². The molecule has 0 bridgehead atoms. The van der Waals surface area contributed by atoms with E-state index in [1.807, 2.05) is 18.2 Å². The van der Waals surface area contributed by atoms with Gasteiger partial charge in [0.15, 0.2) is 10.3 Å². The van der Waals surface area contributed by atoms with Crippen LogP contribution in [0.2, 0.25) is 0 Å². The summed E-state index contributed by atoms with van der Waals surface area (Å²) < 4.78 is 0. The third-order valence-corrected chi connectivity index (χ3v) is 6.12. The topological polar surface area (TPSA) is 84.0 Å². The van der Waals surface area contributed by atoms with Gasteiger partial charge in [-0.3, -0.25) is 14.9 Å². The van der Waals surface area contributed by atoms with Crippen LogP contribution in [0.5, 0.6) is 0 Å². The molecule has 3 aromatic rings. The van der Waals surface area contributed by atoms with Gasteiger partial charge < -0.3 is 5.32 Å². The molecule has 4 rings (SSSR count). The Bertz CT molecular complexity index is 942. The summed E-state index contributed by atoms with van der Waals surface area (Å²) in [6, 6.07) is 8.96. The van der Waals surface area contributed by atoms with E-state index in [2.05, 4.69) is 20.6 Å². The molecule has 1 aliphatic rings. The van der Waals surface area contributed by atoms with Gasteiger partial charge in [0.1, 0.15) is 0 Å². The van der Waals surface area contributed by atoms with Crippen LogP contribution in [0.1, 0.15) is 39.5 Å². The predicted molar refractivity (Wildman–Crippen MR) is 108 cm³/mol. The number of hydrogen-bond acceptors (Lipinski definition) is 6. The van der Waals surface area contributed by atoms with Gasteiger partial charge in [-0.25, -0.2) is 9.97 Å². The fourth-order valence-electron chi connectivity index (χ4n) is 2.94. The van der Waals surface area contributed by atoms with E-state index in [-0.39, 0.29) is 18.2 Å². The fourth-order valence-corrected chi connectivity index (χ4v) is 4.71. The summed E-state index contributed by atoms with van der Waals surface area (Å²) in [6.07, 6.45) is 4.57. The quantitative estimate of drug-likeness (QED) is 0.682. The smallest absolute Gasteiger partial charge is 0.257 e. The molecule has 0 saturated carbocycles. The van der Waals surface area contributed by atoms with E-state index in [0.29, 0.717) is 21.5 Å². The van der Waals surface area contributed by atoms with Gasteiger partial charge in [0.05, 0.1) is 17.8 Å². The molecule has 0 fully saturated rings. The number of benzene rings is 1. The highest BCUT2D eigenvalue weighted by Gasteiger charge is 2.17. The Kier molecular flexibility index (Phi) is 5.26. The predicted octanol–water partition coefficient (Wildman–Crippen LogP) is 3.91. The summed E-state index contributed by atoms with van der Waals surface area (Å²) >= 11 is 2.87. The number of thiazole rings is 2. The molecule has 0 radical (unpaired) electrons. The van der Waals surface area contributed by atoms with E-state index in [9.17, 15) is 9.59 Å². The molecular weight excluding hydrogens is 380 g/mol. The van der Waals surface area contributed by atoms with Gasteiger partial charge in [-0.05, 0) is 37.8 Å². The molecule has 0 aliphatic heterocycles. The third kappa shape index (κ3) is 4.40. The van der Waals surface area contributed by atoms with Crippen molar-refractivity contribution in [3.05, 3.63) is 57.5 Å². The minimum Gasteiger partial charge on any atom is -0.302 e. The van der Waals surface area contributed by atoms with Gasteiger partial charge in [0.25, 0.3) is 5.91 Å². The van der Waals surface area contributed by atoms with Crippen LogP contribution in [-0.4, -0.2) is 21.8 Å². The number of nitrogens with one attached hydrogen (secondary N) is 2. The van der Waals surface area contributed by atoms with Crippen molar-refractivity contribution in [2.45, 2.75) is 32.1 Å². The minimum atomic E-state index is -0.214. The third-order valence-electron chi connectivity index (χ3n) is 4.24.